The first kappa shape index (κ1) is 11.8. The van der Waals surface area contributed by atoms with Gasteiger partial charge in [-0.15, -0.1) is 0 Å². The van der Waals surface area contributed by atoms with Gasteiger partial charge in [0.05, 0.1) is 12.3 Å². The number of hydrogen-bond acceptors (Lipinski definition) is 2. The summed E-state index contributed by atoms with van der Waals surface area (Å²) in [7, 11) is 0. The van der Waals surface area contributed by atoms with Crippen molar-refractivity contribution in [1.82, 2.24) is 0 Å². The van der Waals surface area contributed by atoms with Gasteiger partial charge in [-0.25, -0.2) is 0 Å². The van der Waals surface area contributed by atoms with Crippen molar-refractivity contribution in [1.29, 1.82) is 0 Å². The Bertz CT molecular complexity index is 270. The number of hydrogen-bond donors (Lipinski definition) is 2. The minimum absolute atomic E-state index is 0.268. The van der Waals surface area contributed by atoms with Gasteiger partial charge in [-0.1, -0.05) is 12.2 Å². The molecule has 0 aromatic rings. The Kier molecular flexibility index (Phi) is 4.34. The molecule has 2 unspecified atom stereocenters. The highest BCUT2D eigenvalue weighted by atomic mass is 16.4. The molecule has 4 heteroatoms. The lowest BCUT2D eigenvalue weighted by Crippen LogP contribution is -2.21. The molecule has 0 radical (unpaired) electrons. The summed E-state index contributed by atoms with van der Waals surface area (Å²) in [6, 6.07) is 0. The Morgan fingerprint density at radius 3 is 2.53 bits per heavy atom. The number of carboxylic acid groups (broad SMARTS) is 2. The van der Waals surface area contributed by atoms with Crippen LogP contribution in [-0.2, 0) is 9.59 Å². The van der Waals surface area contributed by atoms with Crippen molar-refractivity contribution in [2.45, 2.75) is 32.1 Å². The Hall–Kier alpha value is -1.32. The first-order valence-corrected chi connectivity index (χ1v) is 5.19. The van der Waals surface area contributed by atoms with Gasteiger partial charge in [-0.2, -0.15) is 0 Å². The normalized spacial score (nSPS) is 22.3. The van der Waals surface area contributed by atoms with Crippen molar-refractivity contribution in [3.05, 3.63) is 12.2 Å². The van der Waals surface area contributed by atoms with Crippen LogP contribution in [0.25, 0.3) is 0 Å². The summed E-state index contributed by atoms with van der Waals surface area (Å²) in [5, 5.41) is 17.5. The maximum absolute atomic E-state index is 10.8. The second-order valence-electron chi connectivity index (χ2n) is 4.02. The van der Waals surface area contributed by atoms with Crippen LogP contribution in [0.1, 0.15) is 32.1 Å². The highest BCUT2D eigenvalue weighted by Gasteiger charge is 2.24. The minimum atomic E-state index is -1.03. The molecule has 0 fully saturated rings. The smallest absolute Gasteiger partial charge is 0.307 e. The van der Waals surface area contributed by atoms with Gasteiger partial charge >= 0.3 is 11.9 Å². The Labute approximate surface area is 88.6 Å². The van der Waals surface area contributed by atoms with E-state index in [4.69, 9.17) is 10.2 Å². The molecule has 0 aliphatic heterocycles. The molecule has 15 heavy (non-hydrogen) atoms. The number of rotatable bonds is 5. The fraction of sp³-hybridized carbons (Fsp3) is 0.636. The third-order valence-electron chi connectivity index (χ3n) is 2.77. The molecule has 0 spiro atoms. The third kappa shape index (κ3) is 4.14. The molecule has 1 aliphatic carbocycles. The molecule has 2 atom stereocenters. The molecule has 1 aliphatic rings. The van der Waals surface area contributed by atoms with Gasteiger partial charge in [-0.3, -0.25) is 9.59 Å². The van der Waals surface area contributed by atoms with Crippen LogP contribution in [0, 0.1) is 11.8 Å². The van der Waals surface area contributed by atoms with Gasteiger partial charge < -0.3 is 10.2 Å². The average molecular weight is 212 g/mol. The SMILES string of the molecule is O=C(O)CC(CC1CC=CCC1)C(=O)O. The van der Waals surface area contributed by atoms with E-state index >= 15 is 0 Å². The Morgan fingerprint density at radius 1 is 1.33 bits per heavy atom. The molecule has 0 heterocycles. The molecule has 84 valence electrons. The first-order chi connectivity index (χ1) is 7.09. The molecule has 0 bridgehead atoms. The highest BCUT2D eigenvalue weighted by Crippen LogP contribution is 2.26. The largest absolute Gasteiger partial charge is 0.481 e. The van der Waals surface area contributed by atoms with Crippen LogP contribution in [0.4, 0.5) is 0 Å². The van der Waals surface area contributed by atoms with Crippen LogP contribution in [0.5, 0.6) is 0 Å². The summed E-state index contributed by atoms with van der Waals surface area (Å²) in [4.78, 5) is 21.3. The fourth-order valence-corrected chi connectivity index (χ4v) is 1.95. The zero-order valence-electron chi connectivity index (χ0n) is 8.56. The molecule has 2 N–H and O–H groups in total. The maximum Gasteiger partial charge on any atom is 0.307 e. The van der Waals surface area contributed by atoms with Crippen LogP contribution in [0.2, 0.25) is 0 Å². The van der Waals surface area contributed by atoms with E-state index in [1.54, 1.807) is 0 Å². The van der Waals surface area contributed by atoms with E-state index in [1.807, 2.05) is 6.08 Å². The first-order valence-electron chi connectivity index (χ1n) is 5.19. The molecule has 0 saturated carbocycles. The van der Waals surface area contributed by atoms with E-state index in [2.05, 4.69) is 6.08 Å². The van der Waals surface area contributed by atoms with Gasteiger partial charge in [0.2, 0.25) is 0 Å². The zero-order chi connectivity index (χ0) is 11.3. The topological polar surface area (TPSA) is 74.6 Å². The van der Waals surface area contributed by atoms with Crippen molar-refractivity contribution >= 4 is 11.9 Å². The van der Waals surface area contributed by atoms with E-state index in [9.17, 15) is 9.59 Å². The molecule has 0 aromatic carbocycles. The number of carboxylic acids is 2. The standard InChI is InChI=1S/C11H16O4/c12-10(13)7-9(11(14)15)6-8-4-2-1-3-5-8/h1-2,8-9H,3-7H2,(H,12,13)(H,14,15). The summed E-state index contributed by atoms with van der Waals surface area (Å²) in [5.74, 6) is -2.44. The van der Waals surface area contributed by atoms with Crippen LogP contribution in [0.15, 0.2) is 12.2 Å². The molecule has 0 saturated heterocycles. The molecular weight excluding hydrogens is 196 g/mol. The quantitative estimate of drug-likeness (QED) is 0.682. The minimum Gasteiger partial charge on any atom is -0.481 e. The average Bonchev–Trinajstić information content (AvgIpc) is 2.17. The van der Waals surface area contributed by atoms with Crippen molar-refractivity contribution in [3.8, 4) is 0 Å². The van der Waals surface area contributed by atoms with E-state index in [0.717, 1.165) is 19.3 Å². The lowest BCUT2D eigenvalue weighted by Gasteiger charge is -2.20. The molecular formula is C11H16O4. The molecule has 0 aromatic heterocycles. The van der Waals surface area contributed by atoms with E-state index in [-0.39, 0.29) is 6.42 Å². The van der Waals surface area contributed by atoms with Gasteiger partial charge in [0.1, 0.15) is 0 Å². The van der Waals surface area contributed by atoms with Crippen molar-refractivity contribution in [3.63, 3.8) is 0 Å². The third-order valence-corrected chi connectivity index (χ3v) is 2.77. The van der Waals surface area contributed by atoms with Gasteiger partial charge in [0, 0.05) is 0 Å². The van der Waals surface area contributed by atoms with E-state index in [0.29, 0.717) is 12.3 Å². The molecule has 1 rings (SSSR count). The predicted molar refractivity (Wildman–Crippen MR) is 54.5 cm³/mol. The van der Waals surface area contributed by atoms with E-state index < -0.39 is 17.9 Å². The lowest BCUT2D eigenvalue weighted by atomic mass is 9.85. The number of carbonyl (C=O) groups is 2. The van der Waals surface area contributed by atoms with Crippen molar-refractivity contribution in [2.75, 3.05) is 0 Å². The predicted octanol–water partition coefficient (Wildman–Crippen LogP) is 1.91. The summed E-state index contributed by atoms with van der Waals surface area (Å²) in [6.45, 7) is 0. The van der Waals surface area contributed by atoms with Crippen molar-refractivity contribution < 1.29 is 19.8 Å². The summed E-state index contributed by atoms with van der Waals surface area (Å²) in [6.07, 6.45) is 7.17. The monoisotopic (exact) mass is 212 g/mol. The second kappa shape index (κ2) is 5.53. The number of aliphatic carboxylic acids is 2. The van der Waals surface area contributed by atoms with Gasteiger partial charge in [0.15, 0.2) is 0 Å². The van der Waals surface area contributed by atoms with Crippen molar-refractivity contribution in [2.24, 2.45) is 11.8 Å². The van der Waals surface area contributed by atoms with Crippen LogP contribution in [0.3, 0.4) is 0 Å². The van der Waals surface area contributed by atoms with Crippen LogP contribution >= 0.6 is 0 Å². The highest BCUT2D eigenvalue weighted by molar-refractivity contribution is 5.77. The number of allylic oxidation sites excluding steroid dienone is 2. The summed E-state index contributed by atoms with van der Waals surface area (Å²) < 4.78 is 0. The molecule has 4 nitrogen and oxygen atoms in total. The fourth-order valence-electron chi connectivity index (χ4n) is 1.95. The summed E-state index contributed by atoms with van der Waals surface area (Å²) >= 11 is 0. The summed E-state index contributed by atoms with van der Waals surface area (Å²) in [5.41, 5.74) is 0. The van der Waals surface area contributed by atoms with E-state index in [1.165, 1.54) is 0 Å². The Balaban J connectivity index is 2.46. The maximum atomic E-state index is 10.8. The Morgan fingerprint density at radius 2 is 2.07 bits per heavy atom. The zero-order valence-corrected chi connectivity index (χ0v) is 8.56. The van der Waals surface area contributed by atoms with Gasteiger partial charge in [-0.05, 0) is 31.6 Å². The lowest BCUT2D eigenvalue weighted by molar-refractivity contribution is -0.148. The van der Waals surface area contributed by atoms with Crippen LogP contribution < -0.4 is 0 Å². The van der Waals surface area contributed by atoms with Gasteiger partial charge in [0.25, 0.3) is 0 Å². The second-order valence-corrected chi connectivity index (χ2v) is 4.02. The molecule has 0 amide bonds. The van der Waals surface area contributed by atoms with Crippen LogP contribution in [-0.4, -0.2) is 22.2 Å².